The van der Waals surface area contributed by atoms with Crippen molar-refractivity contribution in [3.8, 4) is 11.1 Å². The van der Waals surface area contributed by atoms with Crippen molar-refractivity contribution < 1.29 is 0 Å². The quantitative estimate of drug-likeness (QED) is 0.612. The Labute approximate surface area is 133 Å². The van der Waals surface area contributed by atoms with E-state index in [4.69, 9.17) is 0 Å². The monoisotopic (exact) mass is 334 g/mol. The molecule has 102 valence electrons. The van der Waals surface area contributed by atoms with E-state index in [0.717, 1.165) is 0 Å². The highest BCUT2D eigenvalue weighted by Crippen LogP contribution is 2.51. The Kier molecular flexibility index (Phi) is 3.16. The Balaban J connectivity index is 1.95. The molecule has 1 heteroatoms. The van der Waals surface area contributed by atoms with Crippen molar-refractivity contribution in [1.29, 1.82) is 0 Å². The second-order valence-electron chi connectivity index (χ2n) is 5.50. The standard InChI is InChI=1S/C20H15Br/c21-18-13-7-12-17-15-10-5-6-11-16(15)19(20(17)18)14-8-3-1-2-4-9-14/h1-14,19H. The molecule has 0 saturated heterocycles. The molecule has 2 aromatic rings. The van der Waals surface area contributed by atoms with Gasteiger partial charge in [-0.15, -0.1) is 0 Å². The molecule has 2 aliphatic rings. The van der Waals surface area contributed by atoms with E-state index in [1.54, 1.807) is 0 Å². The summed E-state index contributed by atoms with van der Waals surface area (Å²) >= 11 is 3.77. The van der Waals surface area contributed by atoms with Crippen molar-refractivity contribution in [2.24, 2.45) is 5.92 Å². The van der Waals surface area contributed by atoms with E-state index >= 15 is 0 Å². The van der Waals surface area contributed by atoms with Crippen molar-refractivity contribution in [3.63, 3.8) is 0 Å². The molecule has 0 bridgehead atoms. The highest BCUT2D eigenvalue weighted by molar-refractivity contribution is 9.10. The van der Waals surface area contributed by atoms with Crippen molar-refractivity contribution in [2.45, 2.75) is 5.92 Å². The summed E-state index contributed by atoms with van der Waals surface area (Å²) in [5, 5.41) is 0. The first-order valence-corrected chi connectivity index (χ1v) is 8.05. The molecule has 0 nitrogen and oxygen atoms in total. The number of hydrogen-bond acceptors (Lipinski definition) is 0. The van der Waals surface area contributed by atoms with Crippen LogP contribution in [0.4, 0.5) is 0 Å². The molecule has 0 aromatic heterocycles. The van der Waals surface area contributed by atoms with E-state index < -0.39 is 0 Å². The maximum absolute atomic E-state index is 3.77. The van der Waals surface area contributed by atoms with Gasteiger partial charge in [-0.05, 0) is 28.3 Å². The van der Waals surface area contributed by atoms with Gasteiger partial charge in [-0.3, -0.25) is 0 Å². The normalized spacial score (nSPS) is 19.4. The molecule has 0 amide bonds. The van der Waals surface area contributed by atoms with Gasteiger partial charge in [0, 0.05) is 16.3 Å². The lowest BCUT2D eigenvalue weighted by atomic mass is 9.84. The number of fused-ring (bicyclic) bond motifs is 3. The van der Waals surface area contributed by atoms with Gasteiger partial charge >= 0.3 is 0 Å². The van der Waals surface area contributed by atoms with Crippen LogP contribution in [0.25, 0.3) is 11.1 Å². The minimum absolute atomic E-state index is 0.388. The minimum Gasteiger partial charge on any atom is -0.0767 e. The van der Waals surface area contributed by atoms with E-state index in [0.29, 0.717) is 11.8 Å². The van der Waals surface area contributed by atoms with Crippen LogP contribution in [0.3, 0.4) is 0 Å². The second kappa shape index (κ2) is 5.16. The number of allylic oxidation sites excluding steroid dienone is 6. The fourth-order valence-electron chi connectivity index (χ4n) is 3.46. The third-order valence-electron chi connectivity index (χ3n) is 4.33. The van der Waals surface area contributed by atoms with E-state index in [1.165, 1.54) is 26.7 Å². The molecule has 0 N–H and O–H groups in total. The molecular weight excluding hydrogens is 320 g/mol. The fraction of sp³-hybridized carbons (Fsp3) is 0.100. The average Bonchev–Trinajstić information content (AvgIpc) is 2.67. The highest BCUT2D eigenvalue weighted by Gasteiger charge is 2.33. The van der Waals surface area contributed by atoms with Crippen molar-refractivity contribution in [1.82, 2.24) is 0 Å². The number of rotatable bonds is 1. The van der Waals surface area contributed by atoms with Crippen LogP contribution in [-0.4, -0.2) is 0 Å². The van der Waals surface area contributed by atoms with Crippen LogP contribution in [0.15, 0.2) is 83.4 Å². The molecule has 2 aliphatic carbocycles. The lowest BCUT2D eigenvalue weighted by Gasteiger charge is -2.20. The molecule has 0 spiro atoms. The van der Waals surface area contributed by atoms with Gasteiger partial charge in [0.05, 0.1) is 0 Å². The summed E-state index contributed by atoms with van der Waals surface area (Å²) in [6.45, 7) is 0. The Bertz CT molecular complexity index is 764. The van der Waals surface area contributed by atoms with Gasteiger partial charge in [0.2, 0.25) is 0 Å². The van der Waals surface area contributed by atoms with E-state index in [-0.39, 0.29) is 0 Å². The number of halogens is 1. The summed E-state index contributed by atoms with van der Waals surface area (Å²) in [6, 6.07) is 15.3. The summed E-state index contributed by atoms with van der Waals surface area (Å²) in [5.41, 5.74) is 5.59. The van der Waals surface area contributed by atoms with Crippen LogP contribution in [0, 0.1) is 5.92 Å². The zero-order valence-electron chi connectivity index (χ0n) is 11.5. The van der Waals surface area contributed by atoms with Gasteiger partial charge in [0.1, 0.15) is 0 Å². The molecule has 2 aromatic carbocycles. The van der Waals surface area contributed by atoms with Crippen LogP contribution < -0.4 is 0 Å². The molecule has 1 atom stereocenters. The first-order chi connectivity index (χ1) is 10.4. The molecule has 0 radical (unpaired) electrons. The first kappa shape index (κ1) is 12.8. The summed E-state index contributed by atoms with van der Waals surface area (Å²) in [7, 11) is 0. The second-order valence-corrected chi connectivity index (χ2v) is 6.35. The lowest BCUT2D eigenvalue weighted by molar-refractivity contribution is 0.698. The maximum atomic E-state index is 3.77. The van der Waals surface area contributed by atoms with E-state index in [1.807, 2.05) is 0 Å². The first-order valence-electron chi connectivity index (χ1n) is 7.25. The SMILES string of the molecule is Brc1cccc2c1C(C1C=CC=CC=C1)c1ccccc1-2. The van der Waals surface area contributed by atoms with Crippen molar-refractivity contribution >= 4 is 15.9 Å². The Morgan fingerprint density at radius 2 is 1.43 bits per heavy atom. The van der Waals surface area contributed by atoms with Crippen LogP contribution in [0.2, 0.25) is 0 Å². The summed E-state index contributed by atoms with van der Waals surface area (Å²) in [4.78, 5) is 0. The maximum Gasteiger partial charge on any atom is 0.0220 e. The van der Waals surface area contributed by atoms with Crippen LogP contribution in [0.1, 0.15) is 17.0 Å². The predicted molar refractivity (Wildman–Crippen MR) is 92.3 cm³/mol. The van der Waals surface area contributed by atoms with Gasteiger partial charge in [0.25, 0.3) is 0 Å². The summed E-state index contributed by atoms with van der Waals surface area (Å²) in [5.74, 6) is 0.778. The minimum atomic E-state index is 0.388. The van der Waals surface area contributed by atoms with E-state index in [9.17, 15) is 0 Å². The molecule has 0 saturated carbocycles. The highest BCUT2D eigenvalue weighted by atomic mass is 79.9. The largest absolute Gasteiger partial charge is 0.0767 e. The Morgan fingerprint density at radius 1 is 0.714 bits per heavy atom. The molecule has 0 heterocycles. The van der Waals surface area contributed by atoms with Crippen LogP contribution in [-0.2, 0) is 0 Å². The fourth-order valence-corrected chi connectivity index (χ4v) is 4.07. The molecule has 21 heavy (non-hydrogen) atoms. The average molecular weight is 335 g/mol. The van der Waals surface area contributed by atoms with Gasteiger partial charge in [-0.1, -0.05) is 88.8 Å². The third-order valence-corrected chi connectivity index (χ3v) is 5.03. The molecular formula is C20H15Br. The topological polar surface area (TPSA) is 0 Å². The van der Waals surface area contributed by atoms with Crippen LogP contribution in [0.5, 0.6) is 0 Å². The van der Waals surface area contributed by atoms with Crippen LogP contribution >= 0.6 is 15.9 Å². The summed E-state index contributed by atoms with van der Waals surface area (Å²) in [6.07, 6.45) is 13.1. The molecule has 1 unspecified atom stereocenters. The number of benzene rings is 2. The molecule has 0 aliphatic heterocycles. The number of hydrogen-bond donors (Lipinski definition) is 0. The third kappa shape index (κ3) is 2.04. The van der Waals surface area contributed by atoms with E-state index in [2.05, 4.69) is 94.9 Å². The van der Waals surface area contributed by atoms with Gasteiger partial charge < -0.3 is 0 Å². The predicted octanol–water partition coefficient (Wildman–Crippen LogP) is 5.86. The Hall–Kier alpha value is -1.86. The summed E-state index contributed by atoms with van der Waals surface area (Å²) < 4.78 is 1.21. The smallest absolute Gasteiger partial charge is 0.0220 e. The molecule has 0 fully saturated rings. The van der Waals surface area contributed by atoms with Crippen molar-refractivity contribution in [2.75, 3.05) is 0 Å². The molecule has 4 rings (SSSR count). The lowest BCUT2D eigenvalue weighted by Crippen LogP contribution is -2.08. The van der Waals surface area contributed by atoms with Gasteiger partial charge in [-0.25, -0.2) is 0 Å². The van der Waals surface area contributed by atoms with Crippen molar-refractivity contribution in [3.05, 3.63) is 94.5 Å². The zero-order valence-corrected chi connectivity index (χ0v) is 13.1. The van der Waals surface area contributed by atoms with Gasteiger partial charge in [0.15, 0.2) is 0 Å². The Morgan fingerprint density at radius 3 is 2.24 bits per heavy atom. The van der Waals surface area contributed by atoms with Gasteiger partial charge in [-0.2, -0.15) is 0 Å². The zero-order chi connectivity index (χ0) is 14.2.